The molecule has 0 aliphatic heterocycles. The lowest BCUT2D eigenvalue weighted by Crippen LogP contribution is -2.62. The molecule has 0 spiro atoms. The van der Waals surface area contributed by atoms with Crippen molar-refractivity contribution >= 4 is 34.4 Å². The van der Waals surface area contributed by atoms with E-state index >= 15 is 8.78 Å². The van der Waals surface area contributed by atoms with Crippen LogP contribution in [-0.4, -0.2) is 36.8 Å². The zero-order valence-corrected chi connectivity index (χ0v) is 47.2. The molecule has 0 saturated heterocycles. The van der Waals surface area contributed by atoms with Crippen molar-refractivity contribution < 1.29 is 63.1 Å². The predicted molar refractivity (Wildman–Crippen MR) is 307 cm³/mol. The fraction of sp³-hybridized carbons (Fsp3) is 0.226. The van der Waals surface area contributed by atoms with Crippen LogP contribution >= 0.6 is 34.4 Å². The summed E-state index contributed by atoms with van der Waals surface area (Å²) in [6.45, 7) is 0.183. The van der Waals surface area contributed by atoms with Gasteiger partial charge in [-0.05, 0) is 44.5 Å². The van der Waals surface area contributed by atoms with Crippen LogP contribution in [0.25, 0.3) is 0 Å². The third-order valence-electron chi connectivity index (χ3n) is 12.2. The molecular formula is C62H62F2O12P4. The summed E-state index contributed by atoms with van der Waals surface area (Å²) < 4.78 is 115. The largest absolute Gasteiger partial charge is 0.333 e. The first kappa shape index (κ1) is 59.5. The van der Waals surface area contributed by atoms with Crippen molar-refractivity contribution in [1.29, 1.82) is 0 Å². The van der Waals surface area contributed by atoms with Crippen LogP contribution in [-0.2, 0) is 107 Å². The highest BCUT2D eigenvalue weighted by Crippen LogP contribution is 2.56. The van der Waals surface area contributed by atoms with E-state index < -0.39 is 71.2 Å². The number of hydrogen-bond acceptors (Lipinski definition) is 12. The Morgan fingerprint density at radius 1 is 0.212 bits per heavy atom. The standard InChI is InChI=1S/C62H62F2O12P4/c63-57-58(64)60(74-78(67-43-51-29-13-3-14-30-51)68-44-52-31-15-4-16-32-52)62(76-80(71-47-55-37-21-7-22-38-55)72-48-56-39-23-8-24-40-56)61(75-79(69-45-53-33-17-5-18-34-53)70-46-54-35-19-6-20-36-54)59(57)73-77(65-41-49-25-9-1-10-26-49)66-42-50-27-11-2-12-28-50/h1-40,57-62H,41-48H2/t57-,58+,59-,60-,61+,62+/m0/s1. The highest BCUT2D eigenvalue weighted by Gasteiger charge is 2.59. The highest BCUT2D eigenvalue weighted by atomic mass is 31.2. The predicted octanol–water partition coefficient (Wildman–Crippen LogP) is 16.9. The van der Waals surface area contributed by atoms with Gasteiger partial charge < -0.3 is 54.3 Å². The second-order valence-electron chi connectivity index (χ2n) is 18.1. The Labute approximate surface area is 472 Å². The van der Waals surface area contributed by atoms with Gasteiger partial charge in [0.25, 0.3) is 0 Å². The molecule has 0 heterocycles. The fourth-order valence-electron chi connectivity index (χ4n) is 7.98. The Hall–Kier alpha value is -5.14. The lowest BCUT2D eigenvalue weighted by molar-refractivity contribution is -0.172. The van der Waals surface area contributed by atoms with E-state index in [0.29, 0.717) is 0 Å². The van der Waals surface area contributed by atoms with Gasteiger partial charge >= 0.3 is 34.4 Å². The zero-order chi connectivity index (χ0) is 54.8. The maximum absolute atomic E-state index is 18.2. The van der Waals surface area contributed by atoms with Gasteiger partial charge in [0, 0.05) is 0 Å². The molecule has 18 heteroatoms. The lowest BCUT2D eigenvalue weighted by Gasteiger charge is -2.46. The second kappa shape index (κ2) is 33.1. The van der Waals surface area contributed by atoms with Crippen molar-refractivity contribution in [1.82, 2.24) is 0 Å². The smallest absolute Gasteiger partial charge is 0.307 e. The van der Waals surface area contributed by atoms with Crippen LogP contribution in [0.1, 0.15) is 44.5 Å². The zero-order valence-electron chi connectivity index (χ0n) is 43.7. The van der Waals surface area contributed by atoms with Gasteiger partial charge in [-0.3, -0.25) is 0 Å². The first-order valence-electron chi connectivity index (χ1n) is 26.0. The highest BCUT2D eigenvalue weighted by molar-refractivity contribution is 7.42. The van der Waals surface area contributed by atoms with E-state index in [1.54, 1.807) is 0 Å². The molecule has 0 bridgehead atoms. The minimum atomic E-state index is -2.49. The SMILES string of the molecule is F[C@@H]1[C@H](F)[C@H](OP(OCc2ccccc2)OCc2ccccc2)[C@@H](OP(OCc2ccccc2)OCc2ccccc2)[C@H](OP(OCc2ccccc2)OCc2ccccc2)[C@H]1OP(OCc1ccccc1)OCc1ccccc1. The molecule has 416 valence electrons. The van der Waals surface area contributed by atoms with Gasteiger partial charge in [-0.15, -0.1) is 0 Å². The molecule has 9 rings (SSSR count). The normalized spacial score (nSPS) is 18.3. The van der Waals surface area contributed by atoms with E-state index in [1.807, 2.05) is 243 Å². The van der Waals surface area contributed by atoms with E-state index in [9.17, 15) is 0 Å². The van der Waals surface area contributed by atoms with Gasteiger partial charge in [0.2, 0.25) is 0 Å². The molecule has 0 unspecified atom stereocenters. The topological polar surface area (TPSA) is 111 Å². The number of halogens is 2. The molecule has 6 atom stereocenters. The van der Waals surface area contributed by atoms with Crippen LogP contribution in [0.5, 0.6) is 0 Å². The average Bonchev–Trinajstić information content (AvgIpc) is 3.54. The van der Waals surface area contributed by atoms with Gasteiger partial charge in [-0.2, -0.15) is 0 Å². The third kappa shape index (κ3) is 19.5. The fourth-order valence-corrected chi connectivity index (χ4v) is 12.5. The van der Waals surface area contributed by atoms with Crippen molar-refractivity contribution in [2.24, 2.45) is 0 Å². The van der Waals surface area contributed by atoms with Crippen LogP contribution in [0.4, 0.5) is 8.78 Å². The minimum absolute atomic E-state index is 0.0160. The van der Waals surface area contributed by atoms with E-state index in [2.05, 4.69) is 0 Å². The quantitative estimate of drug-likeness (QED) is 0.0374. The van der Waals surface area contributed by atoms with Crippen molar-refractivity contribution in [3.05, 3.63) is 287 Å². The van der Waals surface area contributed by atoms with Crippen LogP contribution in [0.3, 0.4) is 0 Å². The first-order chi connectivity index (χ1) is 39.5. The summed E-state index contributed by atoms with van der Waals surface area (Å²) in [4.78, 5) is 0. The molecule has 1 aliphatic carbocycles. The Kier molecular flexibility index (Phi) is 24.6. The Balaban J connectivity index is 1.13. The number of rotatable bonds is 32. The Morgan fingerprint density at radius 2 is 0.350 bits per heavy atom. The summed E-state index contributed by atoms with van der Waals surface area (Å²) in [5.74, 6) is 0. The summed E-state index contributed by atoms with van der Waals surface area (Å²) >= 11 is 0. The van der Waals surface area contributed by atoms with Gasteiger partial charge in [0.1, 0.15) is 24.4 Å². The molecule has 12 nitrogen and oxygen atoms in total. The van der Waals surface area contributed by atoms with E-state index in [0.717, 1.165) is 44.5 Å². The Morgan fingerprint density at radius 3 is 0.500 bits per heavy atom. The van der Waals surface area contributed by atoms with Crippen molar-refractivity contribution in [2.45, 2.75) is 89.6 Å². The Bertz CT molecular complexity index is 2540. The van der Waals surface area contributed by atoms with Gasteiger partial charge in [0.15, 0.2) is 12.3 Å². The molecular weight excluding hydrogens is 1100 g/mol. The maximum atomic E-state index is 18.2. The summed E-state index contributed by atoms with van der Waals surface area (Å²) in [5, 5.41) is 0. The molecule has 8 aromatic carbocycles. The third-order valence-corrected chi connectivity index (χ3v) is 16.6. The number of hydrogen-bond donors (Lipinski definition) is 0. The minimum Gasteiger partial charge on any atom is -0.307 e. The second-order valence-corrected chi connectivity index (χ2v) is 22.8. The van der Waals surface area contributed by atoms with E-state index in [1.165, 1.54) is 0 Å². The van der Waals surface area contributed by atoms with Crippen LogP contribution in [0.2, 0.25) is 0 Å². The van der Waals surface area contributed by atoms with Crippen molar-refractivity contribution in [3.8, 4) is 0 Å². The van der Waals surface area contributed by atoms with Gasteiger partial charge in [-0.25, -0.2) is 8.78 Å². The van der Waals surface area contributed by atoms with E-state index in [4.69, 9.17) is 54.3 Å². The number of benzene rings is 8. The maximum Gasteiger partial charge on any atom is 0.333 e. The summed E-state index contributed by atoms with van der Waals surface area (Å²) in [5.41, 5.74) is 6.40. The van der Waals surface area contributed by atoms with Gasteiger partial charge in [0.05, 0.1) is 52.9 Å². The van der Waals surface area contributed by atoms with Crippen LogP contribution < -0.4 is 0 Å². The van der Waals surface area contributed by atoms with Crippen molar-refractivity contribution in [3.63, 3.8) is 0 Å². The molecule has 8 aromatic rings. The molecule has 1 saturated carbocycles. The van der Waals surface area contributed by atoms with Gasteiger partial charge in [-0.1, -0.05) is 243 Å². The summed E-state index contributed by atoms with van der Waals surface area (Å²) in [7, 11) is -9.90. The molecule has 1 aliphatic rings. The lowest BCUT2D eigenvalue weighted by atomic mass is 9.87. The molecule has 0 radical (unpaired) electrons. The van der Waals surface area contributed by atoms with Crippen molar-refractivity contribution in [2.75, 3.05) is 0 Å². The molecule has 0 aromatic heterocycles. The number of alkyl halides is 2. The molecule has 0 amide bonds. The molecule has 80 heavy (non-hydrogen) atoms. The van der Waals surface area contributed by atoms with Crippen LogP contribution in [0, 0.1) is 0 Å². The summed E-state index contributed by atoms with van der Waals surface area (Å²) in [6.07, 6.45) is -11.9. The molecule has 0 N–H and O–H groups in total. The van der Waals surface area contributed by atoms with Crippen LogP contribution in [0.15, 0.2) is 243 Å². The summed E-state index contributed by atoms with van der Waals surface area (Å²) in [6, 6.07) is 75.4. The molecule has 1 fully saturated rings. The average molecular weight is 1160 g/mol. The first-order valence-corrected chi connectivity index (χ1v) is 30.4. The monoisotopic (exact) mass is 1160 g/mol. The van der Waals surface area contributed by atoms with E-state index in [-0.39, 0.29) is 52.9 Å².